The number of aryl methyl sites for hydroxylation is 1. The van der Waals surface area contributed by atoms with Crippen molar-refractivity contribution in [3.63, 3.8) is 0 Å². The van der Waals surface area contributed by atoms with Gasteiger partial charge in [0.05, 0.1) is 20.6 Å². The fraction of sp³-hybridized carbons (Fsp3) is 0.455. The van der Waals surface area contributed by atoms with Crippen LogP contribution in [-0.4, -0.2) is 20.6 Å². The van der Waals surface area contributed by atoms with Crippen LogP contribution in [0.15, 0.2) is 30.3 Å². The second-order valence-corrected chi connectivity index (χ2v) is 3.55. The average molecular weight is 291 g/mol. The molecule has 0 saturated carbocycles. The van der Waals surface area contributed by atoms with Gasteiger partial charge in [-0.1, -0.05) is 30.3 Å². The summed E-state index contributed by atoms with van der Waals surface area (Å²) in [7, 11) is 4.40. The minimum Gasteiger partial charge on any atom is -1.00 e. The summed E-state index contributed by atoms with van der Waals surface area (Å²) in [4.78, 5) is 1.53. The van der Waals surface area contributed by atoms with Crippen LogP contribution in [0.2, 0.25) is 0 Å². The summed E-state index contributed by atoms with van der Waals surface area (Å²) in [5.74, 6) is 0. The molecule has 0 bridgehead atoms. The maximum Gasteiger partial charge on any atom is 0.0770 e. The third-order valence-electron chi connectivity index (χ3n) is 1.99. The van der Waals surface area contributed by atoms with E-state index in [9.17, 15) is 0 Å². The van der Waals surface area contributed by atoms with Crippen LogP contribution in [0.5, 0.6) is 0 Å². The first-order valence-electron chi connectivity index (χ1n) is 4.62. The van der Waals surface area contributed by atoms with Gasteiger partial charge in [-0.3, -0.25) is 0 Å². The van der Waals surface area contributed by atoms with E-state index in [2.05, 4.69) is 44.4 Å². The van der Waals surface area contributed by atoms with E-state index in [0.717, 1.165) is 0 Å². The number of rotatable bonds is 4. The first-order chi connectivity index (χ1) is 5.79. The molecule has 2 heteroatoms. The zero-order valence-corrected chi connectivity index (χ0v) is 10.5. The molecule has 0 aliphatic heterocycles. The summed E-state index contributed by atoms with van der Waals surface area (Å²) < 4.78 is 0. The van der Waals surface area contributed by atoms with Crippen LogP contribution in [0.3, 0.4) is 0 Å². The van der Waals surface area contributed by atoms with Gasteiger partial charge in [0.25, 0.3) is 0 Å². The Balaban J connectivity index is 0.00000144. The predicted octanol–water partition coefficient (Wildman–Crippen LogP) is -2.23. The van der Waals surface area contributed by atoms with Crippen LogP contribution >= 0.6 is 0 Å². The average Bonchev–Trinajstić information content (AvgIpc) is 2.05. The van der Waals surface area contributed by atoms with Crippen LogP contribution in [0.4, 0.5) is 0 Å². The molecule has 1 aromatic carbocycles. The highest BCUT2D eigenvalue weighted by atomic mass is 127. The van der Waals surface area contributed by atoms with Crippen LogP contribution in [0.1, 0.15) is 12.0 Å². The molecule has 0 amide bonds. The highest BCUT2D eigenvalue weighted by Gasteiger charge is 1.94. The summed E-state index contributed by atoms with van der Waals surface area (Å²) >= 11 is 0. The van der Waals surface area contributed by atoms with E-state index in [1.807, 2.05) is 0 Å². The predicted molar refractivity (Wildman–Crippen MR) is 52.4 cm³/mol. The zero-order valence-electron chi connectivity index (χ0n) is 8.39. The van der Waals surface area contributed by atoms with E-state index in [-0.39, 0.29) is 24.0 Å². The van der Waals surface area contributed by atoms with Crippen molar-refractivity contribution in [2.45, 2.75) is 12.8 Å². The van der Waals surface area contributed by atoms with Crippen molar-refractivity contribution in [3.8, 4) is 0 Å². The highest BCUT2D eigenvalue weighted by molar-refractivity contribution is 5.14. The maximum atomic E-state index is 2.20. The second kappa shape index (κ2) is 7.33. The number of hydrogen-bond acceptors (Lipinski definition) is 0. The number of nitrogens with one attached hydrogen (secondary N) is 1. The van der Waals surface area contributed by atoms with Crippen molar-refractivity contribution in [1.29, 1.82) is 0 Å². The third kappa shape index (κ3) is 6.05. The largest absolute Gasteiger partial charge is 1.00 e. The van der Waals surface area contributed by atoms with E-state index in [1.54, 1.807) is 0 Å². The van der Waals surface area contributed by atoms with Crippen LogP contribution < -0.4 is 28.9 Å². The van der Waals surface area contributed by atoms with Crippen molar-refractivity contribution in [3.05, 3.63) is 35.9 Å². The van der Waals surface area contributed by atoms with E-state index in [0.29, 0.717) is 0 Å². The summed E-state index contributed by atoms with van der Waals surface area (Å²) in [6, 6.07) is 10.7. The second-order valence-electron chi connectivity index (χ2n) is 3.55. The number of benzene rings is 1. The van der Waals surface area contributed by atoms with Gasteiger partial charge in [0.1, 0.15) is 0 Å². The molecule has 0 atom stereocenters. The molecule has 1 rings (SSSR count). The van der Waals surface area contributed by atoms with E-state index in [1.165, 1.54) is 29.8 Å². The SMILES string of the molecule is C[NH+](C)CCCc1ccccc1.[I-]. The molecule has 0 spiro atoms. The lowest BCUT2D eigenvalue weighted by Gasteiger charge is -2.06. The molecular weight excluding hydrogens is 273 g/mol. The van der Waals surface area contributed by atoms with Crippen LogP contribution in [0.25, 0.3) is 0 Å². The van der Waals surface area contributed by atoms with Gasteiger partial charge >= 0.3 is 0 Å². The Kier molecular flexibility index (Phi) is 7.28. The smallest absolute Gasteiger partial charge is 0.0770 e. The molecule has 0 fully saturated rings. The molecule has 13 heavy (non-hydrogen) atoms. The monoisotopic (exact) mass is 291 g/mol. The van der Waals surface area contributed by atoms with Gasteiger partial charge < -0.3 is 28.9 Å². The van der Waals surface area contributed by atoms with Gasteiger partial charge in [0.2, 0.25) is 0 Å². The lowest BCUT2D eigenvalue weighted by molar-refractivity contribution is -0.858. The minimum absolute atomic E-state index is 0. The lowest BCUT2D eigenvalue weighted by Crippen LogP contribution is -3.05. The highest BCUT2D eigenvalue weighted by Crippen LogP contribution is 2.00. The minimum atomic E-state index is 0. The molecule has 0 radical (unpaired) electrons. The van der Waals surface area contributed by atoms with E-state index < -0.39 is 0 Å². The van der Waals surface area contributed by atoms with Crippen molar-refractivity contribution in [1.82, 2.24) is 0 Å². The molecule has 0 saturated heterocycles. The number of halogens is 1. The molecule has 0 unspecified atom stereocenters. The first-order valence-corrected chi connectivity index (χ1v) is 4.62. The van der Waals surface area contributed by atoms with Crippen molar-refractivity contribution < 1.29 is 28.9 Å². The van der Waals surface area contributed by atoms with Gasteiger partial charge in [0, 0.05) is 6.42 Å². The third-order valence-corrected chi connectivity index (χ3v) is 1.99. The molecule has 1 N–H and O–H groups in total. The zero-order chi connectivity index (χ0) is 8.81. The molecule has 1 aromatic rings. The van der Waals surface area contributed by atoms with Crippen molar-refractivity contribution in [2.75, 3.05) is 20.6 Å². The Morgan fingerprint density at radius 1 is 1.08 bits per heavy atom. The Hall–Kier alpha value is -0.0900. The molecular formula is C11H18IN. The van der Waals surface area contributed by atoms with Gasteiger partial charge in [-0.2, -0.15) is 0 Å². The summed E-state index contributed by atoms with van der Waals surface area (Å²) in [6.45, 7) is 1.26. The van der Waals surface area contributed by atoms with Crippen molar-refractivity contribution in [2.24, 2.45) is 0 Å². The topological polar surface area (TPSA) is 4.44 Å². The first kappa shape index (κ1) is 12.9. The summed E-state index contributed by atoms with van der Waals surface area (Å²) in [5, 5.41) is 0. The standard InChI is InChI=1S/C11H17N.HI/c1-12(2)10-6-9-11-7-4-3-5-8-11;/h3-5,7-8H,6,9-10H2,1-2H3;1H. The fourth-order valence-corrected chi connectivity index (χ4v) is 1.29. The normalized spacial score (nSPS) is 9.77. The Bertz CT molecular complexity index is 209. The van der Waals surface area contributed by atoms with Gasteiger partial charge in [0.15, 0.2) is 0 Å². The molecule has 74 valence electrons. The van der Waals surface area contributed by atoms with Gasteiger partial charge in [-0.25, -0.2) is 0 Å². The van der Waals surface area contributed by atoms with Crippen LogP contribution in [-0.2, 0) is 6.42 Å². The number of quaternary nitrogens is 1. The Morgan fingerprint density at radius 3 is 2.23 bits per heavy atom. The molecule has 0 heterocycles. The quantitative estimate of drug-likeness (QED) is 0.599. The fourth-order valence-electron chi connectivity index (χ4n) is 1.29. The lowest BCUT2D eigenvalue weighted by atomic mass is 10.1. The Labute approximate surface area is 98.2 Å². The van der Waals surface area contributed by atoms with Gasteiger partial charge in [-0.05, 0) is 12.0 Å². The van der Waals surface area contributed by atoms with E-state index >= 15 is 0 Å². The summed E-state index contributed by atoms with van der Waals surface area (Å²) in [6.07, 6.45) is 2.50. The van der Waals surface area contributed by atoms with Crippen LogP contribution in [0, 0.1) is 0 Å². The van der Waals surface area contributed by atoms with Gasteiger partial charge in [-0.15, -0.1) is 0 Å². The summed E-state index contributed by atoms with van der Waals surface area (Å²) in [5.41, 5.74) is 1.46. The molecule has 1 nitrogen and oxygen atoms in total. The maximum absolute atomic E-state index is 2.20. The van der Waals surface area contributed by atoms with E-state index in [4.69, 9.17) is 0 Å². The van der Waals surface area contributed by atoms with Crippen molar-refractivity contribution >= 4 is 0 Å². The molecule has 0 aromatic heterocycles. The Morgan fingerprint density at radius 2 is 1.69 bits per heavy atom. The molecule has 0 aliphatic carbocycles. The number of hydrogen-bond donors (Lipinski definition) is 1. The molecule has 0 aliphatic rings.